The number of benzene rings is 1. The number of nitrogens with zero attached hydrogens (tertiary/aromatic N) is 2. The van der Waals surface area contributed by atoms with E-state index in [9.17, 15) is 8.42 Å². The summed E-state index contributed by atoms with van der Waals surface area (Å²) in [5.41, 5.74) is 0.876. The van der Waals surface area contributed by atoms with Crippen LogP contribution in [0.4, 0.5) is 0 Å². The van der Waals surface area contributed by atoms with Crippen molar-refractivity contribution >= 4 is 21.4 Å². The number of hydrogen-bond donors (Lipinski definition) is 1. The van der Waals surface area contributed by atoms with Crippen molar-refractivity contribution in [1.82, 2.24) is 9.71 Å². The van der Waals surface area contributed by atoms with Crippen molar-refractivity contribution in [2.24, 2.45) is 0 Å². The van der Waals surface area contributed by atoms with Gasteiger partial charge in [0.2, 0.25) is 10.0 Å². The number of thiazole rings is 1. The minimum absolute atomic E-state index is 0.176. The molecule has 1 heterocycles. The van der Waals surface area contributed by atoms with E-state index in [1.807, 2.05) is 13.0 Å². The van der Waals surface area contributed by atoms with Crippen LogP contribution in [0.15, 0.2) is 30.5 Å². The first-order valence-electron chi connectivity index (χ1n) is 5.87. The molecule has 2 rings (SSSR count). The highest BCUT2D eigenvalue weighted by molar-refractivity contribution is 7.88. The smallest absolute Gasteiger partial charge is 0.216 e. The molecule has 0 aliphatic carbocycles. The topological polar surface area (TPSA) is 82.8 Å². The maximum atomic E-state index is 12.0. The number of rotatable bonds is 5. The van der Waals surface area contributed by atoms with Gasteiger partial charge < -0.3 is 0 Å². The molecule has 0 spiro atoms. The van der Waals surface area contributed by atoms with E-state index in [4.69, 9.17) is 5.26 Å². The van der Waals surface area contributed by atoms with Crippen LogP contribution in [0.5, 0.6) is 0 Å². The van der Waals surface area contributed by atoms with Crippen LogP contribution in [-0.2, 0) is 22.3 Å². The van der Waals surface area contributed by atoms with Crippen LogP contribution < -0.4 is 4.72 Å². The third kappa shape index (κ3) is 3.87. The van der Waals surface area contributed by atoms with E-state index < -0.39 is 10.0 Å². The molecule has 0 saturated carbocycles. The molecule has 0 atom stereocenters. The highest BCUT2D eigenvalue weighted by atomic mass is 32.2. The Morgan fingerprint density at radius 2 is 2.15 bits per heavy atom. The zero-order valence-corrected chi connectivity index (χ0v) is 12.5. The van der Waals surface area contributed by atoms with Gasteiger partial charge in [0.25, 0.3) is 0 Å². The van der Waals surface area contributed by atoms with Gasteiger partial charge in [0.15, 0.2) is 0 Å². The van der Waals surface area contributed by atoms with Crippen molar-refractivity contribution in [2.75, 3.05) is 0 Å². The fourth-order valence-electron chi connectivity index (χ4n) is 1.67. The van der Waals surface area contributed by atoms with Crippen molar-refractivity contribution in [3.8, 4) is 6.07 Å². The van der Waals surface area contributed by atoms with E-state index in [1.54, 1.807) is 30.5 Å². The molecule has 0 amide bonds. The fourth-order valence-corrected chi connectivity index (χ4v) is 3.60. The quantitative estimate of drug-likeness (QED) is 0.915. The van der Waals surface area contributed by atoms with E-state index in [-0.39, 0.29) is 12.3 Å². The van der Waals surface area contributed by atoms with Gasteiger partial charge in [0.1, 0.15) is 5.01 Å². The Kier molecular flexibility index (Phi) is 4.49. The monoisotopic (exact) mass is 307 g/mol. The van der Waals surface area contributed by atoms with Gasteiger partial charge in [-0.25, -0.2) is 18.1 Å². The lowest BCUT2D eigenvalue weighted by Gasteiger charge is -2.06. The van der Waals surface area contributed by atoms with Crippen LogP contribution in [0, 0.1) is 18.3 Å². The number of nitrogens with one attached hydrogen (secondary N) is 1. The van der Waals surface area contributed by atoms with Crippen LogP contribution in [0.25, 0.3) is 0 Å². The summed E-state index contributed by atoms with van der Waals surface area (Å²) >= 11 is 1.45. The highest BCUT2D eigenvalue weighted by Gasteiger charge is 2.14. The lowest BCUT2D eigenvalue weighted by molar-refractivity contribution is 0.580. The average Bonchev–Trinajstić information content (AvgIpc) is 2.83. The summed E-state index contributed by atoms with van der Waals surface area (Å²) in [4.78, 5) is 5.13. The summed E-state index contributed by atoms with van der Waals surface area (Å²) in [6.45, 7) is 2.09. The number of nitriles is 1. The van der Waals surface area contributed by atoms with Crippen molar-refractivity contribution in [1.29, 1.82) is 5.26 Å². The van der Waals surface area contributed by atoms with E-state index in [2.05, 4.69) is 9.71 Å². The van der Waals surface area contributed by atoms with Gasteiger partial charge in [0, 0.05) is 11.1 Å². The van der Waals surface area contributed by atoms with Crippen LogP contribution >= 0.6 is 11.3 Å². The second kappa shape index (κ2) is 6.13. The Morgan fingerprint density at radius 3 is 2.80 bits per heavy atom. The second-order valence-electron chi connectivity index (χ2n) is 4.21. The van der Waals surface area contributed by atoms with Crippen LogP contribution in [0.1, 0.15) is 21.0 Å². The largest absolute Gasteiger partial charge is 0.248 e. The van der Waals surface area contributed by atoms with Gasteiger partial charge in [-0.1, -0.05) is 18.2 Å². The summed E-state index contributed by atoms with van der Waals surface area (Å²) in [5.74, 6) is -0.207. The summed E-state index contributed by atoms with van der Waals surface area (Å²) in [6, 6.07) is 8.67. The summed E-state index contributed by atoms with van der Waals surface area (Å²) < 4.78 is 26.5. The Bertz CT molecular complexity index is 745. The lowest BCUT2D eigenvalue weighted by atomic mass is 10.1. The maximum absolute atomic E-state index is 12.0. The van der Waals surface area contributed by atoms with E-state index in [1.165, 1.54) is 11.3 Å². The Morgan fingerprint density at radius 1 is 1.40 bits per heavy atom. The molecule has 2 aromatic rings. The molecule has 104 valence electrons. The van der Waals surface area contributed by atoms with E-state index in [0.29, 0.717) is 11.1 Å². The van der Waals surface area contributed by atoms with Gasteiger partial charge in [-0.05, 0) is 18.6 Å². The Hall–Kier alpha value is -1.75. The molecule has 0 fully saturated rings. The number of aromatic nitrogens is 1. The molecule has 5 nitrogen and oxygen atoms in total. The summed E-state index contributed by atoms with van der Waals surface area (Å²) in [6.07, 6.45) is 1.71. The molecule has 0 aliphatic heterocycles. The first-order valence-corrected chi connectivity index (χ1v) is 8.34. The second-order valence-corrected chi connectivity index (χ2v) is 7.34. The SMILES string of the molecule is Cc1cnc(CNS(=O)(=O)Cc2ccccc2C#N)s1. The van der Waals surface area contributed by atoms with E-state index in [0.717, 1.165) is 9.88 Å². The molecule has 0 aliphatic rings. The molecule has 0 radical (unpaired) electrons. The lowest BCUT2D eigenvalue weighted by Crippen LogP contribution is -2.25. The highest BCUT2D eigenvalue weighted by Crippen LogP contribution is 2.13. The first-order chi connectivity index (χ1) is 9.50. The van der Waals surface area contributed by atoms with Crippen molar-refractivity contribution in [3.63, 3.8) is 0 Å². The van der Waals surface area contributed by atoms with Gasteiger partial charge in [0.05, 0.1) is 23.9 Å². The minimum atomic E-state index is -3.49. The number of hydrogen-bond acceptors (Lipinski definition) is 5. The van der Waals surface area contributed by atoms with Gasteiger partial charge in [-0.3, -0.25) is 0 Å². The summed E-state index contributed by atoms with van der Waals surface area (Å²) in [7, 11) is -3.49. The van der Waals surface area contributed by atoms with Crippen LogP contribution in [0.2, 0.25) is 0 Å². The van der Waals surface area contributed by atoms with Gasteiger partial charge in [-0.2, -0.15) is 5.26 Å². The molecular weight excluding hydrogens is 294 g/mol. The fraction of sp³-hybridized carbons (Fsp3) is 0.231. The van der Waals surface area contributed by atoms with Crippen LogP contribution in [-0.4, -0.2) is 13.4 Å². The molecule has 1 N–H and O–H groups in total. The third-order valence-corrected chi connectivity index (χ3v) is 4.78. The Balaban J connectivity index is 2.06. The molecule has 0 bridgehead atoms. The Labute approximate surface area is 122 Å². The summed E-state index contributed by atoms with van der Waals surface area (Å²) in [5, 5.41) is 9.67. The zero-order valence-electron chi connectivity index (χ0n) is 10.8. The molecule has 1 aromatic heterocycles. The average molecular weight is 307 g/mol. The molecule has 0 saturated heterocycles. The van der Waals surface area contributed by atoms with E-state index >= 15 is 0 Å². The normalized spacial score (nSPS) is 11.2. The van der Waals surface area contributed by atoms with Gasteiger partial charge in [-0.15, -0.1) is 11.3 Å². The van der Waals surface area contributed by atoms with Crippen LogP contribution in [0.3, 0.4) is 0 Å². The number of sulfonamides is 1. The van der Waals surface area contributed by atoms with Crippen molar-refractivity contribution in [2.45, 2.75) is 19.2 Å². The van der Waals surface area contributed by atoms with Crippen molar-refractivity contribution in [3.05, 3.63) is 51.5 Å². The maximum Gasteiger partial charge on any atom is 0.216 e. The minimum Gasteiger partial charge on any atom is -0.248 e. The van der Waals surface area contributed by atoms with Crippen molar-refractivity contribution < 1.29 is 8.42 Å². The predicted octanol–water partition coefficient (Wildman–Crippen LogP) is 1.94. The molecular formula is C13H13N3O2S2. The molecule has 1 aromatic carbocycles. The first kappa shape index (κ1) is 14.7. The molecule has 0 unspecified atom stereocenters. The molecule has 20 heavy (non-hydrogen) atoms. The molecule has 7 heteroatoms. The zero-order chi connectivity index (χ0) is 14.6. The third-order valence-electron chi connectivity index (χ3n) is 2.60. The standard InChI is InChI=1S/C13H13N3O2S2/c1-10-7-15-13(19-10)8-16-20(17,18)9-12-5-3-2-4-11(12)6-14/h2-5,7,16H,8-9H2,1H3. The predicted molar refractivity (Wildman–Crippen MR) is 77.5 cm³/mol. The number of aryl methyl sites for hydroxylation is 1. The van der Waals surface area contributed by atoms with Gasteiger partial charge >= 0.3 is 0 Å².